The van der Waals surface area contributed by atoms with Gasteiger partial charge in [0.05, 0.1) is 5.69 Å². The first-order valence-corrected chi connectivity index (χ1v) is 5.07. The van der Waals surface area contributed by atoms with Crippen molar-refractivity contribution in [2.75, 3.05) is 7.05 Å². The number of hydrogen-bond donors (Lipinski definition) is 1. The molecule has 0 saturated carbocycles. The van der Waals surface area contributed by atoms with Crippen LogP contribution in [0.4, 0.5) is 5.69 Å². The Labute approximate surface area is 77.3 Å². The lowest BCUT2D eigenvalue weighted by atomic mass is 10.2. The molecule has 0 unspecified atom stereocenters. The Balaban J connectivity index is 3.47. The molecule has 0 aromatic heterocycles. The zero-order valence-corrected chi connectivity index (χ0v) is 8.17. The molecule has 4 nitrogen and oxygen atoms in total. The molecule has 0 heterocycles. The van der Waals surface area contributed by atoms with Crippen LogP contribution >= 0.6 is 0 Å². The van der Waals surface area contributed by atoms with Crippen LogP contribution in [-0.2, 0) is 10.1 Å². The molecule has 1 aromatic rings. The SMILES string of the molecule is C[N]c1c(C)cccc1S(=O)(=O)O. The first-order valence-electron chi connectivity index (χ1n) is 3.63. The van der Waals surface area contributed by atoms with Crippen LogP contribution in [-0.4, -0.2) is 20.0 Å². The van der Waals surface area contributed by atoms with Crippen molar-refractivity contribution in [1.82, 2.24) is 5.32 Å². The summed E-state index contributed by atoms with van der Waals surface area (Å²) in [5.41, 5.74) is 1.03. The number of para-hydroxylation sites is 1. The molecule has 1 radical (unpaired) electrons. The van der Waals surface area contributed by atoms with Gasteiger partial charge >= 0.3 is 0 Å². The molecule has 0 atom stereocenters. The molecule has 0 aliphatic heterocycles. The Morgan fingerprint density at radius 3 is 2.38 bits per heavy atom. The molecule has 0 bridgehead atoms. The zero-order valence-electron chi connectivity index (χ0n) is 7.35. The van der Waals surface area contributed by atoms with Gasteiger partial charge in [-0.25, -0.2) is 0 Å². The summed E-state index contributed by atoms with van der Waals surface area (Å²) >= 11 is 0. The molecule has 0 amide bonds. The highest BCUT2D eigenvalue weighted by Gasteiger charge is 2.16. The molecular formula is C8H10NO3S. The van der Waals surface area contributed by atoms with Gasteiger partial charge in [-0.1, -0.05) is 12.1 Å². The van der Waals surface area contributed by atoms with Crippen molar-refractivity contribution in [3.05, 3.63) is 23.8 Å². The van der Waals surface area contributed by atoms with Crippen LogP contribution in [0.2, 0.25) is 0 Å². The number of rotatable bonds is 2. The summed E-state index contributed by atoms with van der Waals surface area (Å²) in [6, 6.07) is 4.62. The number of nitrogens with zero attached hydrogens (tertiary/aromatic N) is 1. The van der Waals surface area contributed by atoms with E-state index in [1.165, 1.54) is 13.1 Å². The van der Waals surface area contributed by atoms with Gasteiger partial charge < -0.3 is 0 Å². The molecule has 0 fully saturated rings. The molecule has 1 aromatic carbocycles. The van der Waals surface area contributed by atoms with Crippen molar-refractivity contribution >= 4 is 15.8 Å². The zero-order chi connectivity index (χ0) is 10.1. The van der Waals surface area contributed by atoms with Gasteiger partial charge in [0.2, 0.25) is 0 Å². The summed E-state index contributed by atoms with van der Waals surface area (Å²) in [7, 11) is -2.68. The van der Waals surface area contributed by atoms with E-state index in [0.717, 1.165) is 5.56 Å². The number of hydrogen-bond acceptors (Lipinski definition) is 2. The van der Waals surface area contributed by atoms with E-state index in [1.54, 1.807) is 19.1 Å². The van der Waals surface area contributed by atoms with Crippen molar-refractivity contribution in [2.24, 2.45) is 0 Å². The van der Waals surface area contributed by atoms with Crippen molar-refractivity contribution in [3.8, 4) is 0 Å². The Morgan fingerprint density at radius 2 is 2.00 bits per heavy atom. The fourth-order valence-corrected chi connectivity index (χ4v) is 1.87. The summed E-state index contributed by atoms with van der Waals surface area (Å²) in [4.78, 5) is -0.144. The van der Waals surface area contributed by atoms with Crippen molar-refractivity contribution in [2.45, 2.75) is 11.8 Å². The third kappa shape index (κ3) is 1.99. The Morgan fingerprint density at radius 1 is 1.38 bits per heavy atom. The van der Waals surface area contributed by atoms with Gasteiger partial charge in [-0.05, 0) is 18.6 Å². The fraction of sp³-hybridized carbons (Fsp3) is 0.250. The standard InChI is InChI=1S/C8H10NO3S/c1-6-4-3-5-7(8(6)9-2)13(10,11)12/h3-5H,1-2H3,(H,10,11,12). The fourth-order valence-electron chi connectivity index (χ4n) is 1.13. The molecular weight excluding hydrogens is 190 g/mol. The second-order valence-corrected chi connectivity index (χ2v) is 4.01. The monoisotopic (exact) mass is 200 g/mol. The lowest BCUT2D eigenvalue weighted by Crippen LogP contribution is -2.04. The minimum absolute atomic E-state index is 0.144. The lowest BCUT2D eigenvalue weighted by Gasteiger charge is -2.06. The highest BCUT2D eigenvalue weighted by molar-refractivity contribution is 7.86. The van der Waals surface area contributed by atoms with E-state index in [9.17, 15) is 8.42 Å². The molecule has 1 rings (SSSR count). The molecule has 1 N–H and O–H groups in total. The van der Waals surface area contributed by atoms with Crippen molar-refractivity contribution < 1.29 is 13.0 Å². The molecule has 13 heavy (non-hydrogen) atoms. The minimum Gasteiger partial charge on any atom is -0.287 e. The van der Waals surface area contributed by atoms with Crippen LogP contribution in [0.5, 0.6) is 0 Å². The van der Waals surface area contributed by atoms with Crippen molar-refractivity contribution in [1.29, 1.82) is 0 Å². The van der Waals surface area contributed by atoms with Gasteiger partial charge in [-0.2, -0.15) is 8.42 Å². The number of benzene rings is 1. The predicted molar refractivity (Wildman–Crippen MR) is 48.7 cm³/mol. The Hall–Kier alpha value is -1.07. The van der Waals surface area contributed by atoms with Crippen LogP contribution in [0.15, 0.2) is 23.1 Å². The lowest BCUT2D eigenvalue weighted by molar-refractivity contribution is 0.483. The normalized spacial score (nSPS) is 11.3. The molecule has 0 saturated heterocycles. The topological polar surface area (TPSA) is 68.5 Å². The second-order valence-electron chi connectivity index (χ2n) is 2.62. The first-order chi connectivity index (χ1) is 5.96. The first kappa shape index (κ1) is 10.0. The van der Waals surface area contributed by atoms with Crippen molar-refractivity contribution in [3.63, 3.8) is 0 Å². The maximum absolute atomic E-state index is 10.9. The maximum Gasteiger partial charge on any atom is 0.296 e. The molecule has 71 valence electrons. The average molecular weight is 200 g/mol. The summed E-state index contributed by atoms with van der Waals surface area (Å²) < 4.78 is 30.6. The van der Waals surface area contributed by atoms with Gasteiger partial charge in [0, 0.05) is 7.05 Å². The second kappa shape index (κ2) is 3.35. The third-order valence-electron chi connectivity index (χ3n) is 1.70. The van der Waals surface area contributed by atoms with E-state index in [0.29, 0.717) is 5.69 Å². The van der Waals surface area contributed by atoms with Gasteiger partial charge in [0.25, 0.3) is 10.1 Å². The molecule has 0 aliphatic rings. The number of aryl methyl sites for hydroxylation is 1. The molecule has 0 aliphatic carbocycles. The van der Waals surface area contributed by atoms with Crippen LogP contribution in [0.25, 0.3) is 0 Å². The van der Waals surface area contributed by atoms with Gasteiger partial charge in [0.15, 0.2) is 0 Å². The third-order valence-corrected chi connectivity index (χ3v) is 2.59. The summed E-state index contributed by atoms with van der Waals surface area (Å²) in [6.45, 7) is 1.73. The van der Waals surface area contributed by atoms with E-state index in [4.69, 9.17) is 4.55 Å². The molecule has 0 spiro atoms. The average Bonchev–Trinajstić information content (AvgIpc) is 2.02. The quantitative estimate of drug-likeness (QED) is 0.727. The Bertz CT molecular complexity index is 411. The van der Waals surface area contributed by atoms with Crippen LogP contribution in [0, 0.1) is 6.92 Å². The Kier molecular flexibility index (Phi) is 2.58. The van der Waals surface area contributed by atoms with Crippen LogP contribution < -0.4 is 5.32 Å². The summed E-state index contributed by atoms with van der Waals surface area (Å²) in [6.07, 6.45) is 0. The summed E-state index contributed by atoms with van der Waals surface area (Å²) in [5.74, 6) is 0. The summed E-state index contributed by atoms with van der Waals surface area (Å²) in [5, 5.41) is 3.80. The van der Waals surface area contributed by atoms with Gasteiger partial charge in [0.1, 0.15) is 4.90 Å². The van der Waals surface area contributed by atoms with Crippen LogP contribution in [0.3, 0.4) is 0 Å². The minimum atomic E-state index is -4.16. The highest BCUT2D eigenvalue weighted by Crippen LogP contribution is 2.23. The van der Waals surface area contributed by atoms with Gasteiger partial charge in [-0.3, -0.25) is 9.87 Å². The van der Waals surface area contributed by atoms with E-state index in [-0.39, 0.29) is 4.90 Å². The van der Waals surface area contributed by atoms with E-state index < -0.39 is 10.1 Å². The smallest absolute Gasteiger partial charge is 0.287 e. The van der Waals surface area contributed by atoms with E-state index in [2.05, 4.69) is 5.32 Å². The highest BCUT2D eigenvalue weighted by atomic mass is 32.2. The van der Waals surface area contributed by atoms with E-state index >= 15 is 0 Å². The van der Waals surface area contributed by atoms with E-state index in [1.807, 2.05) is 0 Å². The van der Waals surface area contributed by atoms with Gasteiger partial charge in [-0.15, -0.1) is 0 Å². The largest absolute Gasteiger partial charge is 0.296 e. The van der Waals surface area contributed by atoms with Crippen LogP contribution in [0.1, 0.15) is 5.56 Å². The molecule has 5 heteroatoms. The maximum atomic E-state index is 10.9. The predicted octanol–water partition coefficient (Wildman–Crippen LogP) is 1.11.